The maximum absolute atomic E-state index is 13.1. The smallest absolute Gasteiger partial charge is 0.126 e. The minimum atomic E-state index is -0.649. The molecule has 0 spiro atoms. The second-order valence-corrected chi connectivity index (χ2v) is 4.82. The Kier molecular flexibility index (Phi) is 5.13. The maximum Gasteiger partial charge on any atom is 0.126 e. The molecule has 0 heterocycles. The van der Waals surface area contributed by atoms with Gasteiger partial charge in [0.2, 0.25) is 0 Å². The highest BCUT2D eigenvalue weighted by Gasteiger charge is 2.32. The van der Waals surface area contributed by atoms with Gasteiger partial charge in [0, 0.05) is 18.7 Å². The second kappa shape index (κ2) is 6.84. The summed E-state index contributed by atoms with van der Waals surface area (Å²) in [5.41, 5.74) is 0. The second-order valence-electron chi connectivity index (χ2n) is 4.82. The van der Waals surface area contributed by atoms with Gasteiger partial charge in [0.15, 0.2) is 0 Å². The fraction of sp³-hybridized carbons (Fsp3) is 0.571. The molecule has 1 aromatic carbocycles. The Balaban J connectivity index is 1.95. The molecule has 0 unspecified atom stereocenters. The largest absolute Gasteiger partial charge is 0.488 e. The zero-order valence-corrected chi connectivity index (χ0v) is 10.8. The highest BCUT2D eigenvalue weighted by atomic mass is 19.1. The first-order valence-corrected chi connectivity index (χ1v) is 6.65. The van der Waals surface area contributed by atoms with E-state index in [0.717, 1.165) is 19.3 Å². The Morgan fingerprint density at radius 3 is 2.95 bits per heavy atom. The van der Waals surface area contributed by atoms with Crippen LogP contribution in [-0.4, -0.2) is 41.6 Å². The average Bonchev–Trinajstić information content (AvgIpc) is 2.40. The number of ether oxygens (including phenoxy) is 1. The number of hydrogen-bond donors (Lipinski definition) is 3. The van der Waals surface area contributed by atoms with Crippen molar-refractivity contribution in [3.05, 3.63) is 30.1 Å². The molecule has 1 fully saturated rings. The fourth-order valence-corrected chi connectivity index (χ4v) is 2.46. The van der Waals surface area contributed by atoms with Gasteiger partial charge in [-0.2, -0.15) is 0 Å². The van der Waals surface area contributed by atoms with Gasteiger partial charge >= 0.3 is 0 Å². The summed E-state index contributed by atoms with van der Waals surface area (Å²) in [6, 6.07) is 5.86. The molecule has 19 heavy (non-hydrogen) atoms. The summed E-state index contributed by atoms with van der Waals surface area (Å²) in [5, 5.41) is 22.1. The minimum Gasteiger partial charge on any atom is -0.488 e. The lowest BCUT2D eigenvalue weighted by molar-refractivity contribution is -0.0161. The number of halogens is 1. The highest BCUT2D eigenvalue weighted by molar-refractivity contribution is 5.23. The van der Waals surface area contributed by atoms with Crippen molar-refractivity contribution in [3.8, 4) is 5.75 Å². The number of hydrogen-bond acceptors (Lipinski definition) is 4. The predicted octanol–water partition coefficient (Wildman–Crippen LogP) is 1.07. The number of benzene rings is 1. The topological polar surface area (TPSA) is 61.7 Å². The van der Waals surface area contributed by atoms with Crippen molar-refractivity contribution in [1.29, 1.82) is 0 Å². The van der Waals surface area contributed by atoms with E-state index in [2.05, 4.69) is 5.32 Å². The standard InChI is InChI=1S/C14H20FNO3/c15-10-3-1-4-11(9-10)19-13-6-2-5-12(14(13)18)16-7-8-17/h1,3-4,9,12-14,16-18H,2,5-8H2/t12-,13+,14+/m0/s1. The lowest BCUT2D eigenvalue weighted by Gasteiger charge is -2.35. The van der Waals surface area contributed by atoms with Crippen molar-refractivity contribution in [2.75, 3.05) is 13.2 Å². The molecule has 106 valence electrons. The molecule has 3 N–H and O–H groups in total. The van der Waals surface area contributed by atoms with E-state index >= 15 is 0 Å². The molecule has 0 amide bonds. The molecule has 1 saturated carbocycles. The molecule has 0 radical (unpaired) electrons. The van der Waals surface area contributed by atoms with Crippen LogP contribution in [-0.2, 0) is 0 Å². The van der Waals surface area contributed by atoms with Gasteiger partial charge in [0.25, 0.3) is 0 Å². The molecule has 4 nitrogen and oxygen atoms in total. The predicted molar refractivity (Wildman–Crippen MR) is 69.6 cm³/mol. The molecule has 0 aromatic heterocycles. The summed E-state index contributed by atoms with van der Waals surface area (Å²) in [6.07, 6.45) is 1.54. The summed E-state index contributed by atoms with van der Waals surface area (Å²) in [7, 11) is 0. The van der Waals surface area contributed by atoms with Gasteiger partial charge in [-0.05, 0) is 31.4 Å². The zero-order chi connectivity index (χ0) is 13.7. The normalized spacial score (nSPS) is 27.2. The van der Waals surface area contributed by atoms with Gasteiger partial charge in [-0.1, -0.05) is 6.07 Å². The van der Waals surface area contributed by atoms with E-state index in [1.807, 2.05) is 0 Å². The molecule has 1 aromatic rings. The SMILES string of the molecule is OCCN[C@H]1CCC[C@@H](Oc2cccc(F)c2)[C@@H]1O. The van der Waals surface area contributed by atoms with Crippen LogP contribution in [0.15, 0.2) is 24.3 Å². The molecular formula is C14H20FNO3. The van der Waals surface area contributed by atoms with Crippen LogP contribution < -0.4 is 10.1 Å². The Morgan fingerprint density at radius 1 is 1.37 bits per heavy atom. The van der Waals surface area contributed by atoms with Crippen LogP contribution in [0.3, 0.4) is 0 Å². The number of rotatable bonds is 5. The van der Waals surface area contributed by atoms with Crippen molar-refractivity contribution in [2.24, 2.45) is 0 Å². The molecule has 0 aliphatic heterocycles. The Labute approximate surface area is 112 Å². The number of nitrogens with one attached hydrogen (secondary N) is 1. The average molecular weight is 269 g/mol. The van der Waals surface area contributed by atoms with Crippen molar-refractivity contribution >= 4 is 0 Å². The van der Waals surface area contributed by atoms with E-state index in [1.54, 1.807) is 12.1 Å². The monoisotopic (exact) mass is 269 g/mol. The summed E-state index contributed by atoms with van der Waals surface area (Å²) < 4.78 is 18.7. The highest BCUT2D eigenvalue weighted by Crippen LogP contribution is 2.24. The van der Waals surface area contributed by atoms with Gasteiger partial charge in [0.1, 0.15) is 23.8 Å². The van der Waals surface area contributed by atoms with Crippen molar-refractivity contribution in [3.63, 3.8) is 0 Å². The molecule has 5 heteroatoms. The van der Waals surface area contributed by atoms with Crippen LogP contribution in [0.1, 0.15) is 19.3 Å². The molecule has 2 rings (SSSR count). The van der Waals surface area contributed by atoms with Gasteiger partial charge < -0.3 is 20.3 Å². The molecule has 1 aliphatic carbocycles. The summed E-state index contributed by atoms with van der Waals surface area (Å²) in [6.45, 7) is 0.493. The van der Waals surface area contributed by atoms with Gasteiger partial charge in [-0.25, -0.2) is 4.39 Å². The van der Waals surface area contributed by atoms with Crippen LogP contribution in [0.2, 0.25) is 0 Å². The van der Waals surface area contributed by atoms with Crippen molar-refractivity contribution < 1.29 is 19.3 Å². The first kappa shape index (κ1) is 14.2. The lowest BCUT2D eigenvalue weighted by atomic mass is 9.90. The van der Waals surface area contributed by atoms with Crippen molar-refractivity contribution in [1.82, 2.24) is 5.32 Å². The van der Waals surface area contributed by atoms with E-state index in [-0.39, 0.29) is 24.6 Å². The van der Waals surface area contributed by atoms with Crippen molar-refractivity contribution in [2.45, 2.75) is 37.5 Å². The maximum atomic E-state index is 13.1. The van der Waals surface area contributed by atoms with E-state index in [4.69, 9.17) is 9.84 Å². The summed E-state index contributed by atoms with van der Waals surface area (Å²) >= 11 is 0. The molecular weight excluding hydrogens is 249 g/mol. The summed E-state index contributed by atoms with van der Waals surface area (Å²) in [4.78, 5) is 0. The molecule has 1 aliphatic rings. The van der Waals surface area contributed by atoms with Gasteiger partial charge in [-0.3, -0.25) is 0 Å². The van der Waals surface area contributed by atoms with E-state index in [9.17, 15) is 9.50 Å². The van der Waals surface area contributed by atoms with E-state index in [0.29, 0.717) is 12.3 Å². The van der Waals surface area contributed by atoms with Gasteiger partial charge in [-0.15, -0.1) is 0 Å². The Morgan fingerprint density at radius 2 is 2.21 bits per heavy atom. The Hall–Kier alpha value is -1.17. The molecule has 3 atom stereocenters. The summed E-state index contributed by atoms with van der Waals surface area (Å²) in [5.74, 6) is 0.0876. The fourth-order valence-electron chi connectivity index (χ4n) is 2.46. The third-order valence-electron chi connectivity index (χ3n) is 3.40. The van der Waals surface area contributed by atoms with Crippen LogP contribution >= 0.6 is 0 Å². The zero-order valence-electron chi connectivity index (χ0n) is 10.8. The van der Waals surface area contributed by atoms with Gasteiger partial charge in [0.05, 0.1) is 6.61 Å². The molecule has 0 bridgehead atoms. The van der Waals surface area contributed by atoms with E-state index in [1.165, 1.54) is 12.1 Å². The number of aliphatic hydroxyl groups is 2. The Bertz CT molecular complexity index is 402. The van der Waals surface area contributed by atoms with E-state index < -0.39 is 6.10 Å². The first-order valence-electron chi connectivity index (χ1n) is 6.65. The lowest BCUT2D eigenvalue weighted by Crippen LogP contribution is -2.51. The third kappa shape index (κ3) is 3.89. The molecule has 0 saturated heterocycles. The number of aliphatic hydroxyl groups excluding tert-OH is 2. The minimum absolute atomic E-state index is 0.0403. The van der Waals surface area contributed by atoms with Crippen LogP contribution in [0, 0.1) is 5.82 Å². The quantitative estimate of drug-likeness (QED) is 0.748. The third-order valence-corrected chi connectivity index (χ3v) is 3.40. The first-order chi connectivity index (χ1) is 9.20. The van der Waals surface area contributed by atoms with Crippen LogP contribution in [0.5, 0.6) is 5.75 Å². The van der Waals surface area contributed by atoms with Crippen LogP contribution in [0.25, 0.3) is 0 Å². The van der Waals surface area contributed by atoms with Crippen LogP contribution in [0.4, 0.5) is 4.39 Å².